The number of nitrogens with one attached hydrogen (secondary N) is 2. The Morgan fingerprint density at radius 1 is 1.11 bits per heavy atom. The number of sulfonamides is 1. The summed E-state index contributed by atoms with van der Waals surface area (Å²) in [6, 6.07) is 18.7. The molecule has 0 aliphatic rings. The van der Waals surface area contributed by atoms with Gasteiger partial charge in [-0.05, 0) is 18.2 Å². The predicted octanol–water partition coefficient (Wildman–Crippen LogP) is 3.72. The van der Waals surface area contributed by atoms with Crippen LogP contribution in [0.4, 0.5) is 5.95 Å². The summed E-state index contributed by atoms with van der Waals surface area (Å²) >= 11 is 1.53. The van der Waals surface area contributed by atoms with Crippen molar-refractivity contribution in [2.45, 2.75) is 4.90 Å². The Bertz CT molecular complexity index is 1570. The SMILES string of the molecule is COc1[c-]ccc(-c2nc3sccn3c2-c2ccnc(NCCNS(=O)(=O)c3ccccc3)n2)c1.[Y]. The monoisotopic (exact) mass is 594 g/mol. The molecular formula is C24H21N6O3S2Y-. The van der Waals surface area contributed by atoms with Crippen LogP contribution in [0.3, 0.4) is 0 Å². The molecule has 0 unspecified atom stereocenters. The summed E-state index contributed by atoms with van der Waals surface area (Å²) in [5.41, 5.74) is 3.16. The molecule has 3 aromatic heterocycles. The van der Waals surface area contributed by atoms with Crippen molar-refractivity contribution in [1.82, 2.24) is 24.1 Å². The van der Waals surface area contributed by atoms with E-state index in [9.17, 15) is 8.42 Å². The number of ether oxygens (including phenoxy) is 1. The Labute approximate surface area is 237 Å². The van der Waals surface area contributed by atoms with E-state index in [1.165, 1.54) is 11.3 Å². The smallest absolute Gasteiger partial charge is 0.240 e. The molecule has 0 bridgehead atoms. The maximum atomic E-state index is 12.4. The van der Waals surface area contributed by atoms with Gasteiger partial charge in [0, 0.05) is 69.3 Å². The number of imidazole rings is 1. The number of anilines is 1. The number of thiazole rings is 1. The summed E-state index contributed by atoms with van der Waals surface area (Å²) in [6.45, 7) is 0.492. The maximum Gasteiger partial charge on any atom is 0.240 e. The van der Waals surface area contributed by atoms with Crippen LogP contribution in [0.1, 0.15) is 0 Å². The number of methoxy groups -OCH3 is 1. The van der Waals surface area contributed by atoms with Crippen molar-refractivity contribution in [3.8, 4) is 28.4 Å². The summed E-state index contributed by atoms with van der Waals surface area (Å²) in [7, 11) is -1.97. The zero-order valence-corrected chi connectivity index (χ0v) is 23.7. The molecule has 0 saturated heterocycles. The normalized spacial score (nSPS) is 11.2. The maximum absolute atomic E-state index is 12.4. The second kappa shape index (κ2) is 11.6. The summed E-state index contributed by atoms with van der Waals surface area (Å²) < 4.78 is 34.7. The molecule has 0 spiro atoms. The first-order chi connectivity index (χ1) is 17.0. The molecule has 0 fully saturated rings. The Morgan fingerprint density at radius 2 is 1.94 bits per heavy atom. The van der Waals surface area contributed by atoms with Crippen LogP contribution in [0, 0.1) is 6.07 Å². The molecule has 0 aliphatic heterocycles. The number of benzene rings is 2. The fraction of sp³-hybridized carbons (Fsp3) is 0.125. The molecule has 0 aliphatic carbocycles. The molecule has 2 aromatic carbocycles. The Morgan fingerprint density at radius 3 is 2.75 bits per heavy atom. The first kappa shape index (κ1) is 26.4. The van der Waals surface area contributed by atoms with Crippen molar-refractivity contribution in [1.29, 1.82) is 0 Å². The Hall–Kier alpha value is -2.70. The van der Waals surface area contributed by atoms with Gasteiger partial charge < -0.3 is 10.1 Å². The molecule has 3 heterocycles. The third-order valence-electron chi connectivity index (χ3n) is 5.18. The predicted molar refractivity (Wildman–Crippen MR) is 135 cm³/mol. The largest absolute Gasteiger partial charge is 0.523 e. The van der Waals surface area contributed by atoms with E-state index in [1.807, 2.05) is 34.2 Å². The van der Waals surface area contributed by atoms with Crippen LogP contribution >= 0.6 is 11.3 Å². The van der Waals surface area contributed by atoms with Crippen LogP contribution in [0.5, 0.6) is 5.75 Å². The Kier molecular flexibility index (Phi) is 8.48. The van der Waals surface area contributed by atoms with E-state index >= 15 is 0 Å². The van der Waals surface area contributed by atoms with Crippen LogP contribution in [0.15, 0.2) is 77.3 Å². The van der Waals surface area contributed by atoms with Crippen LogP contribution < -0.4 is 14.8 Å². The van der Waals surface area contributed by atoms with Crippen molar-refractivity contribution in [3.05, 3.63) is 78.4 Å². The van der Waals surface area contributed by atoms with E-state index in [4.69, 9.17) is 9.72 Å². The van der Waals surface area contributed by atoms with Crippen LogP contribution in [-0.4, -0.2) is 48.0 Å². The molecule has 1 radical (unpaired) electrons. The summed E-state index contributed by atoms with van der Waals surface area (Å²) in [4.78, 5) is 14.8. The topological polar surface area (TPSA) is 111 Å². The summed E-state index contributed by atoms with van der Waals surface area (Å²) in [5.74, 6) is 1.00. The van der Waals surface area contributed by atoms with Crippen LogP contribution in [0.2, 0.25) is 0 Å². The van der Waals surface area contributed by atoms with Crippen molar-refractivity contribution in [2.24, 2.45) is 0 Å². The summed E-state index contributed by atoms with van der Waals surface area (Å²) in [5, 5.41) is 5.06. The third kappa shape index (κ3) is 5.65. The molecule has 0 saturated carbocycles. The van der Waals surface area contributed by atoms with Gasteiger partial charge in [-0.2, -0.15) is 12.1 Å². The fourth-order valence-electron chi connectivity index (χ4n) is 3.56. The van der Waals surface area contributed by atoms with Gasteiger partial charge in [-0.15, -0.1) is 29.0 Å². The molecule has 2 N–H and O–H groups in total. The van der Waals surface area contributed by atoms with E-state index < -0.39 is 10.0 Å². The molecular weight excluding hydrogens is 573 g/mol. The first-order valence-electron chi connectivity index (χ1n) is 10.7. The van der Waals surface area contributed by atoms with Crippen LogP contribution in [0.25, 0.3) is 27.6 Å². The molecule has 0 atom stereocenters. The average Bonchev–Trinajstić information content (AvgIpc) is 3.49. The summed E-state index contributed by atoms with van der Waals surface area (Å²) in [6.07, 6.45) is 3.61. The van der Waals surface area contributed by atoms with Gasteiger partial charge in [-0.3, -0.25) is 4.40 Å². The first-order valence-corrected chi connectivity index (χ1v) is 13.0. The van der Waals surface area contributed by atoms with Crippen molar-refractivity contribution < 1.29 is 45.9 Å². The van der Waals surface area contributed by atoms with Gasteiger partial charge in [0.2, 0.25) is 16.0 Å². The van der Waals surface area contributed by atoms with E-state index in [-0.39, 0.29) is 44.1 Å². The second-order valence-corrected chi connectivity index (χ2v) is 10.1. The molecule has 5 rings (SSSR count). The van der Waals surface area contributed by atoms with Crippen LogP contribution in [-0.2, 0) is 42.7 Å². The number of fused-ring (bicyclic) bond motifs is 1. The van der Waals surface area contributed by atoms with Gasteiger partial charge in [0.15, 0.2) is 4.96 Å². The van der Waals surface area contributed by atoms with Gasteiger partial charge in [0.1, 0.15) is 0 Å². The molecule has 12 heteroatoms. The van der Waals surface area contributed by atoms with Gasteiger partial charge in [0.25, 0.3) is 0 Å². The minimum Gasteiger partial charge on any atom is -0.523 e. The average molecular weight is 595 g/mol. The third-order valence-corrected chi connectivity index (χ3v) is 7.42. The quantitative estimate of drug-likeness (QED) is 0.198. The number of hydrogen-bond donors (Lipinski definition) is 2. The minimum absolute atomic E-state index is 0. The van der Waals surface area contributed by atoms with Crippen molar-refractivity contribution in [2.75, 3.05) is 25.5 Å². The van der Waals surface area contributed by atoms with E-state index in [0.717, 1.165) is 21.9 Å². The molecule has 181 valence electrons. The van der Waals surface area contributed by atoms with E-state index in [0.29, 0.717) is 23.9 Å². The molecule has 9 nitrogen and oxygen atoms in total. The number of rotatable bonds is 9. The molecule has 36 heavy (non-hydrogen) atoms. The van der Waals surface area contributed by atoms with Gasteiger partial charge >= 0.3 is 0 Å². The Balaban J connectivity index is 0.00000304. The van der Waals surface area contributed by atoms with Crippen molar-refractivity contribution in [3.63, 3.8) is 0 Å². The van der Waals surface area contributed by atoms with Gasteiger partial charge in [0.05, 0.1) is 29.1 Å². The zero-order chi connectivity index (χ0) is 24.3. The zero-order valence-electron chi connectivity index (χ0n) is 19.2. The molecule has 0 amide bonds. The number of hydrogen-bond acceptors (Lipinski definition) is 8. The molecule has 5 aromatic rings. The second-order valence-electron chi connectivity index (χ2n) is 7.41. The standard InChI is InChI=1S/C24H21N6O3S2.Y/c1-33-18-7-5-6-17(16-18)21-22(30-14-15-34-24(30)29-21)20-10-11-25-23(28-20)26-12-13-27-35(31,32)19-8-3-2-4-9-19;/h2-6,8-11,14-16,27H,12-13H2,1H3,(H,25,26,28);/q-1;. The fourth-order valence-corrected chi connectivity index (χ4v) is 5.33. The van der Waals surface area contributed by atoms with Gasteiger partial charge in [-0.25, -0.2) is 28.1 Å². The number of aromatic nitrogens is 4. The van der Waals surface area contributed by atoms with E-state index in [2.05, 4.69) is 26.1 Å². The number of nitrogens with zero attached hydrogens (tertiary/aromatic N) is 4. The minimum atomic E-state index is -3.57. The van der Waals surface area contributed by atoms with Gasteiger partial charge in [-0.1, -0.05) is 18.2 Å². The van der Waals surface area contributed by atoms with Crippen molar-refractivity contribution >= 4 is 32.3 Å². The van der Waals surface area contributed by atoms with E-state index in [1.54, 1.807) is 49.7 Å².